The lowest BCUT2D eigenvalue weighted by Gasteiger charge is -2.28. The number of hydrogen-bond donors (Lipinski definition) is 2. The molecule has 7 heteroatoms. The second-order valence-electron chi connectivity index (χ2n) is 4.26. The highest BCUT2D eigenvalue weighted by atomic mass is 35.6. The molecular formula is C12H14Cl3FN2O. The summed E-state index contributed by atoms with van der Waals surface area (Å²) in [4.78, 5) is 11.7. The maximum atomic E-state index is 13.5. The first-order chi connectivity index (χ1) is 8.71. The molecule has 0 heterocycles. The molecule has 0 spiro atoms. The number of carbonyl (C=O) groups excluding carboxylic acids is 1. The van der Waals surface area contributed by atoms with Gasteiger partial charge in [-0.05, 0) is 12.1 Å². The van der Waals surface area contributed by atoms with Crippen molar-refractivity contribution in [2.75, 3.05) is 5.32 Å². The minimum Gasteiger partial charge on any atom is -0.359 e. The zero-order valence-corrected chi connectivity index (χ0v) is 12.7. The normalized spacial score (nSPS) is 13.2. The third kappa shape index (κ3) is 5.05. The Labute approximate surface area is 126 Å². The van der Waals surface area contributed by atoms with Crippen LogP contribution in [-0.2, 0) is 4.79 Å². The van der Waals surface area contributed by atoms with Crippen LogP contribution in [0.1, 0.15) is 13.8 Å². The fourth-order valence-electron chi connectivity index (χ4n) is 1.24. The van der Waals surface area contributed by atoms with Crippen LogP contribution in [0.3, 0.4) is 0 Å². The van der Waals surface area contributed by atoms with Crippen molar-refractivity contribution in [3.8, 4) is 0 Å². The predicted octanol–water partition coefficient (Wildman–Crippen LogP) is 3.71. The van der Waals surface area contributed by atoms with Gasteiger partial charge in [-0.1, -0.05) is 60.8 Å². The summed E-state index contributed by atoms with van der Waals surface area (Å²) in [7, 11) is 0. The molecule has 1 atom stereocenters. The summed E-state index contributed by atoms with van der Waals surface area (Å²) in [5.41, 5.74) is 0.142. The Morgan fingerprint density at radius 2 is 1.84 bits per heavy atom. The van der Waals surface area contributed by atoms with E-state index < -0.39 is 15.8 Å². The standard InChI is InChI=1S/C12H14Cl3FN2O/c1-7(2)10(19)18-11(12(13,14)15)17-9-6-4-3-5-8(9)16/h3-7,11,17H,1-2H3,(H,18,19)/t11-/m0/s1. The summed E-state index contributed by atoms with van der Waals surface area (Å²) >= 11 is 17.3. The number of halogens is 4. The number of para-hydroxylation sites is 1. The number of rotatable bonds is 4. The Morgan fingerprint density at radius 3 is 2.32 bits per heavy atom. The number of benzene rings is 1. The van der Waals surface area contributed by atoms with Crippen LogP contribution in [0.2, 0.25) is 0 Å². The molecule has 1 aromatic rings. The van der Waals surface area contributed by atoms with Crippen LogP contribution in [0.15, 0.2) is 24.3 Å². The van der Waals surface area contributed by atoms with Crippen molar-refractivity contribution >= 4 is 46.4 Å². The van der Waals surface area contributed by atoms with Gasteiger partial charge in [-0.15, -0.1) is 0 Å². The average Bonchev–Trinajstić information content (AvgIpc) is 2.29. The maximum Gasteiger partial charge on any atom is 0.228 e. The number of hydrogen-bond acceptors (Lipinski definition) is 2. The van der Waals surface area contributed by atoms with Crippen LogP contribution >= 0.6 is 34.8 Å². The first-order valence-electron chi connectivity index (χ1n) is 5.60. The Bertz CT molecular complexity index is 449. The fraction of sp³-hybridized carbons (Fsp3) is 0.417. The van der Waals surface area contributed by atoms with E-state index in [0.29, 0.717) is 0 Å². The summed E-state index contributed by atoms with van der Waals surface area (Å²) in [6, 6.07) is 5.92. The summed E-state index contributed by atoms with van der Waals surface area (Å²) < 4.78 is 11.7. The summed E-state index contributed by atoms with van der Waals surface area (Å²) in [6.07, 6.45) is -1.04. The van der Waals surface area contributed by atoms with Crippen molar-refractivity contribution in [1.82, 2.24) is 5.32 Å². The van der Waals surface area contributed by atoms with Gasteiger partial charge in [0, 0.05) is 5.92 Å². The van der Waals surface area contributed by atoms with E-state index in [2.05, 4.69) is 10.6 Å². The third-order valence-electron chi connectivity index (χ3n) is 2.31. The van der Waals surface area contributed by atoms with Gasteiger partial charge in [0.25, 0.3) is 0 Å². The summed E-state index contributed by atoms with van der Waals surface area (Å²) in [5, 5.41) is 5.19. The van der Waals surface area contributed by atoms with E-state index in [1.165, 1.54) is 18.2 Å². The number of alkyl halides is 3. The Balaban J connectivity index is 2.88. The van der Waals surface area contributed by atoms with Crippen LogP contribution in [0.25, 0.3) is 0 Å². The molecule has 3 nitrogen and oxygen atoms in total. The summed E-state index contributed by atoms with van der Waals surface area (Å²) in [6.45, 7) is 3.40. The molecule has 0 aliphatic heterocycles. The average molecular weight is 328 g/mol. The molecule has 19 heavy (non-hydrogen) atoms. The lowest BCUT2D eigenvalue weighted by Crippen LogP contribution is -2.50. The van der Waals surface area contributed by atoms with E-state index in [-0.39, 0.29) is 17.5 Å². The van der Waals surface area contributed by atoms with E-state index in [4.69, 9.17) is 34.8 Å². The predicted molar refractivity (Wildman–Crippen MR) is 77.1 cm³/mol. The van der Waals surface area contributed by atoms with Gasteiger partial charge >= 0.3 is 0 Å². The fourth-order valence-corrected chi connectivity index (χ4v) is 1.57. The molecule has 1 amide bonds. The highest BCUT2D eigenvalue weighted by molar-refractivity contribution is 6.68. The molecule has 0 aromatic heterocycles. The van der Waals surface area contributed by atoms with E-state index in [1.807, 2.05) is 0 Å². The van der Waals surface area contributed by atoms with Gasteiger partial charge in [0.2, 0.25) is 9.70 Å². The molecule has 1 rings (SSSR count). The molecule has 0 bridgehead atoms. The molecule has 0 radical (unpaired) electrons. The smallest absolute Gasteiger partial charge is 0.228 e. The van der Waals surface area contributed by atoms with E-state index >= 15 is 0 Å². The van der Waals surface area contributed by atoms with Crippen molar-refractivity contribution in [3.05, 3.63) is 30.1 Å². The van der Waals surface area contributed by atoms with Gasteiger partial charge in [0.05, 0.1) is 5.69 Å². The second-order valence-corrected chi connectivity index (χ2v) is 6.63. The van der Waals surface area contributed by atoms with Gasteiger partial charge in [-0.25, -0.2) is 4.39 Å². The van der Waals surface area contributed by atoms with Gasteiger partial charge < -0.3 is 10.6 Å². The molecule has 0 saturated carbocycles. The minimum absolute atomic E-state index is 0.142. The zero-order chi connectivity index (χ0) is 14.6. The van der Waals surface area contributed by atoms with E-state index in [0.717, 1.165) is 0 Å². The van der Waals surface area contributed by atoms with Crippen LogP contribution in [0, 0.1) is 11.7 Å². The highest BCUT2D eigenvalue weighted by Crippen LogP contribution is 2.31. The van der Waals surface area contributed by atoms with Crippen LogP contribution in [0.4, 0.5) is 10.1 Å². The Kier molecular flexibility index (Phi) is 5.71. The minimum atomic E-state index is -1.81. The number of anilines is 1. The highest BCUT2D eigenvalue weighted by Gasteiger charge is 2.34. The number of carbonyl (C=O) groups is 1. The van der Waals surface area contributed by atoms with Crippen LogP contribution in [0.5, 0.6) is 0 Å². The van der Waals surface area contributed by atoms with Crippen LogP contribution in [-0.4, -0.2) is 15.9 Å². The molecule has 0 saturated heterocycles. The lowest BCUT2D eigenvalue weighted by atomic mass is 10.2. The maximum absolute atomic E-state index is 13.5. The van der Waals surface area contributed by atoms with Crippen molar-refractivity contribution in [1.29, 1.82) is 0 Å². The molecule has 0 fully saturated rings. The van der Waals surface area contributed by atoms with Gasteiger partial charge in [-0.2, -0.15) is 0 Å². The first kappa shape index (κ1) is 16.3. The Hall–Kier alpha value is -0.710. The Morgan fingerprint density at radius 1 is 1.26 bits per heavy atom. The lowest BCUT2D eigenvalue weighted by molar-refractivity contribution is -0.124. The summed E-state index contributed by atoms with van der Waals surface area (Å²) in [5.74, 6) is -1.09. The quantitative estimate of drug-likeness (QED) is 0.654. The molecular weight excluding hydrogens is 314 g/mol. The topological polar surface area (TPSA) is 41.1 Å². The third-order valence-corrected chi connectivity index (χ3v) is 2.97. The molecule has 106 valence electrons. The monoisotopic (exact) mass is 326 g/mol. The van der Waals surface area contributed by atoms with Gasteiger partial charge in [0.1, 0.15) is 12.0 Å². The zero-order valence-electron chi connectivity index (χ0n) is 10.4. The van der Waals surface area contributed by atoms with Crippen molar-refractivity contribution in [3.63, 3.8) is 0 Å². The van der Waals surface area contributed by atoms with Crippen molar-refractivity contribution in [2.24, 2.45) is 5.92 Å². The largest absolute Gasteiger partial charge is 0.359 e. The molecule has 2 N–H and O–H groups in total. The second kappa shape index (κ2) is 6.64. The van der Waals surface area contributed by atoms with E-state index in [9.17, 15) is 9.18 Å². The van der Waals surface area contributed by atoms with E-state index in [1.54, 1.807) is 19.9 Å². The van der Waals surface area contributed by atoms with Gasteiger partial charge in [-0.3, -0.25) is 4.79 Å². The SMILES string of the molecule is CC(C)C(=O)N[C@H](Nc1ccccc1F)C(Cl)(Cl)Cl. The number of nitrogens with one attached hydrogen (secondary N) is 2. The molecule has 0 aliphatic carbocycles. The van der Waals surface area contributed by atoms with Crippen LogP contribution < -0.4 is 10.6 Å². The first-order valence-corrected chi connectivity index (χ1v) is 6.73. The molecule has 0 aliphatic rings. The van der Waals surface area contributed by atoms with Gasteiger partial charge in [0.15, 0.2) is 0 Å². The number of amides is 1. The van der Waals surface area contributed by atoms with Crippen molar-refractivity contribution in [2.45, 2.75) is 23.8 Å². The molecule has 0 unspecified atom stereocenters. The van der Waals surface area contributed by atoms with Crippen molar-refractivity contribution < 1.29 is 9.18 Å². The molecule has 1 aromatic carbocycles.